The fourth-order valence-electron chi connectivity index (χ4n) is 8.62. The highest BCUT2D eigenvalue weighted by Crippen LogP contribution is 2.48. The number of benzene rings is 6. The number of nitrogens with zero attached hydrogens (tertiary/aromatic N) is 6. The molecule has 0 bridgehead atoms. The van der Waals surface area contributed by atoms with E-state index in [1.165, 1.54) is 38.6 Å². The minimum Gasteiger partial charge on any atom is -0.388 e. The summed E-state index contributed by atoms with van der Waals surface area (Å²) in [4.78, 5) is 22.2. The first-order valence-electron chi connectivity index (χ1n) is 18.5. The number of guanidine groups is 1. The summed E-state index contributed by atoms with van der Waals surface area (Å²) in [5, 5.41) is 9.33. The van der Waals surface area contributed by atoms with Crippen LogP contribution in [0.3, 0.4) is 0 Å². The molecule has 7 aromatic rings. The number of aliphatic imine (C=N–C) groups is 4. The molecule has 0 unspecified atom stereocenters. The number of amidine groups is 3. The molecule has 0 radical (unpaired) electrons. The molecule has 262 valence electrons. The summed E-state index contributed by atoms with van der Waals surface area (Å²) in [6.07, 6.45) is 5.94. The standard InChI is InChI=1S/C47H34N8/c1-48-38-26-28(44-34-16-5-3-12-30(34)31-13-4-6-17-35(31)44)22-24-36(38)45-50-42-20-11-21-43-51-46(53-47(52-45)55(42)43)37-25-23-29(27-39(37)49-2)54-40-18-9-7-14-32(40)33-15-8-10-19-41(33)54/h3-27,44,48-49H,1-2H3. The summed E-state index contributed by atoms with van der Waals surface area (Å²) in [6.45, 7) is 0. The van der Waals surface area contributed by atoms with Crippen LogP contribution in [0, 0.1) is 0 Å². The maximum absolute atomic E-state index is 5.11. The molecule has 0 spiro atoms. The topological polar surface area (TPSA) is 81.7 Å². The molecular formula is C47H34N8. The second-order valence-corrected chi connectivity index (χ2v) is 14.0. The number of allylic oxidation sites excluding steroid dienone is 2. The summed E-state index contributed by atoms with van der Waals surface area (Å²) >= 11 is 0. The average Bonchev–Trinajstić information content (AvgIpc) is 3.76. The zero-order chi connectivity index (χ0) is 36.6. The average molecular weight is 711 g/mol. The number of para-hydroxylation sites is 2. The van der Waals surface area contributed by atoms with Crippen LogP contribution >= 0.6 is 0 Å². The van der Waals surface area contributed by atoms with Crippen molar-refractivity contribution >= 4 is 56.6 Å². The fraction of sp³-hybridized carbons (Fsp3) is 0.0638. The van der Waals surface area contributed by atoms with Crippen LogP contribution in [0.25, 0.3) is 38.6 Å². The van der Waals surface area contributed by atoms with Gasteiger partial charge in [-0.2, -0.15) is 9.98 Å². The van der Waals surface area contributed by atoms with E-state index in [4.69, 9.17) is 20.0 Å². The molecule has 8 nitrogen and oxygen atoms in total. The molecule has 0 fully saturated rings. The fourth-order valence-corrected chi connectivity index (χ4v) is 8.62. The van der Waals surface area contributed by atoms with E-state index in [9.17, 15) is 0 Å². The van der Waals surface area contributed by atoms with Gasteiger partial charge in [0.15, 0.2) is 11.7 Å². The van der Waals surface area contributed by atoms with Gasteiger partial charge in [-0.3, -0.25) is 0 Å². The lowest BCUT2D eigenvalue weighted by Crippen LogP contribution is -2.41. The highest BCUT2D eigenvalue weighted by atomic mass is 15.4. The number of hydrogen-bond acceptors (Lipinski definition) is 7. The molecule has 0 saturated carbocycles. The molecule has 2 N–H and O–H groups in total. The quantitative estimate of drug-likeness (QED) is 0.180. The Labute approximate surface area is 317 Å². The zero-order valence-corrected chi connectivity index (χ0v) is 30.2. The van der Waals surface area contributed by atoms with Gasteiger partial charge in [0.2, 0.25) is 5.96 Å². The molecule has 4 heterocycles. The maximum atomic E-state index is 5.11. The third kappa shape index (κ3) is 4.71. The lowest BCUT2D eigenvalue weighted by Gasteiger charge is -2.32. The second kappa shape index (κ2) is 12.1. The Hall–Kier alpha value is -7.32. The Morgan fingerprint density at radius 1 is 0.545 bits per heavy atom. The molecule has 0 saturated heterocycles. The molecule has 4 aliphatic rings. The summed E-state index contributed by atoms with van der Waals surface area (Å²) in [6, 6.07) is 47.5. The van der Waals surface area contributed by atoms with Gasteiger partial charge in [0.1, 0.15) is 11.7 Å². The van der Waals surface area contributed by atoms with Crippen LogP contribution in [0.4, 0.5) is 11.4 Å². The van der Waals surface area contributed by atoms with Crippen molar-refractivity contribution in [3.63, 3.8) is 0 Å². The highest BCUT2D eigenvalue weighted by Gasteiger charge is 2.33. The van der Waals surface area contributed by atoms with Gasteiger partial charge in [-0.1, -0.05) is 97.1 Å². The van der Waals surface area contributed by atoms with Crippen LogP contribution in [0.1, 0.15) is 33.7 Å². The van der Waals surface area contributed by atoms with Gasteiger partial charge < -0.3 is 15.2 Å². The summed E-state index contributed by atoms with van der Waals surface area (Å²) in [5.41, 5.74) is 13.5. The molecule has 1 aliphatic carbocycles. The Kier molecular flexibility index (Phi) is 6.88. The summed E-state index contributed by atoms with van der Waals surface area (Å²) < 4.78 is 2.31. The van der Waals surface area contributed by atoms with Crippen LogP contribution in [0.5, 0.6) is 0 Å². The molecule has 3 aliphatic heterocycles. The number of aromatic nitrogens is 1. The van der Waals surface area contributed by atoms with Crippen molar-refractivity contribution in [2.24, 2.45) is 20.0 Å². The molecular weight excluding hydrogens is 677 g/mol. The number of anilines is 2. The first kappa shape index (κ1) is 31.2. The predicted molar refractivity (Wildman–Crippen MR) is 226 cm³/mol. The van der Waals surface area contributed by atoms with Gasteiger partial charge in [-0.25, -0.2) is 14.9 Å². The third-order valence-electron chi connectivity index (χ3n) is 11.1. The molecule has 0 amide bonds. The Balaban J connectivity index is 0.991. The number of rotatable bonds is 6. The smallest absolute Gasteiger partial charge is 0.241 e. The van der Waals surface area contributed by atoms with Crippen molar-refractivity contribution in [3.8, 4) is 16.8 Å². The van der Waals surface area contributed by atoms with Crippen molar-refractivity contribution < 1.29 is 0 Å². The largest absolute Gasteiger partial charge is 0.388 e. The van der Waals surface area contributed by atoms with E-state index in [-0.39, 0.29) is 5.92 Å². The van der Waals surface area contributed by atoms with Gasteiger partial charge in [-0.15, -0.1) is 0 Å². The van der Waals surface area contributed by atoms with Crippen molar-refractivity contribution in [2.45, 2.75) is 5.92 Å². The molecule has 0 atom stereocenters. The van der Waals surface area contributed by atoms with Gasteiger partial charge in [-0.05, 0) is 82.4 Å². The van der Waals surface area contributed by atoms with Gasteiger partial charge in [0, 0.05) is 59.0 Å². The minimum absolute atomic E-state index is 0.141. The number of hydrogen-bond donors (Lipinski definition) is 2. The van der Waals surface area contributed by atoms with E-state index in [0.29, 0.717) is 17.6 Å². The predicted octanol–water partition coefficient (Wildman–Crippen LogP) is 9.72. The Bertz CT molecular complexity index is 2870. The van der Waals surface area contributed by atoms with E-state index in [1.807, 2.05) is 37.2 Å². The Morgan fingerprint density at radius 3 is 1.84 bits per heavy atom. The highest BCUT2D eigenvalue weighted by molar-refractivity contribution is 6.26. The Morgan fingerprint density at radius 2 is 1.15 bits per heavy atom. The van der Waals surface area contributed by atoms with Gasteiger partial charge >= 0.3 is 0 Å². The monoisotopic (exact) mass is 710 g/mol. The molecule has 11 rings (SSSR count). The first-order chi connectivity index (χ1) is 27.2. The van der Waals surface area contributed by atoms with Crippen molar-refractivity contribution in [3.05, 3.63) is 185 Å². The van der Waals surface area contributed by atoms with Crippen LogP contribution in [-0.2, 0) is 0 Å². The lowest BCUT2D eigenvalue weighted by molar-refractivity contribution is 0.711. The molecule has 1 aromatic heterocycles. The van der Waals surface area contributed by atoms with Crippen molar-refractivity contribution in [1.82, 2.24) is 9.47 Å². The van der Waals surface area contributed by atoms with Crippen LogP contribution in [0.15, 0.2) is 177 Å². The number of nitrogens with one attached hydrogen (secondary N) is 2. The SMILES string of the molecule is CNc1cc(C2c3ccccc3-c3ccccc32)ccc1C1=NC2=CC=CC3=NC(c4ccc(-n5c6ccccc6c6ccccc65)cc4NC)=NC(=N1)N23. The summed E-state index contributed by atoms with van der Waals surface area (Å²) in [7, 11) is 3.89. The van der Waals surface area contributed by atoms with E-state index >= 15 is 0 Å². The van der Waals surface area contributed by atoms with Gasteiger partial charge in [0.25, 0.3) is 0 Å². The second-order valence-electron chi connectivity index (χ2n) is 14.0. The molecule has 8 heteroatoms. The maximum Gasteiger partial charge on any atom is 0.241 e. The van der Waals surface area contributed by atoms with Gasteiger partial charge in [0.05, 0.1) is 11.0 Å². The molecule has 6 aromatic carbocycles. The van der Waals surface area contributed by atoms with Crippen molar-refractivity contribution in [1.29, 1.82) is 0 Å². The third-order valence-corrected chi connectivity index (χ3v) is 11.1. The zero-order valence-electron chi connectivity index (χ0n) is 30.2. The van der Waals surface area contributed by atoms with E-state index < -0.39 is 0 Å². The first-order valence-corrected chi connectivity index (χ1v) is 18.5. The van der Waals surface area contributed by atoms with E-state index in [0.717, 1.165) is 50.9 Å². The van der Waals surface area contributed by atoms with E-state index in [2.05, 4.69) is 149 Å². The number of fused-ring (bicyclic) bond motifs is 6. The van der Waals surface area contributed by atoms with Crippen molar-refractivity contribution in [2.75, 3.05) is 24.7 Å². The lowest BCUT2D eigenvalue weighted by atomic mass is 9.88. The van der Waals surface area contributed by atoms with E-state index in [1.54, 1.807) is 0 Å². The van der Waals surface area contributed by atoms with Crippen LogP contribution < -0.4 is 10.6 Å². The minimum atomic E-state index is 0.141. The van der Waals surface area contributed by atoms with Crippen LogP contribution in [-0.4, -0.2) is 47.0 Å². The molecule has 55 heavy (non-hydrogen) atoms. The normalized spacial score (nSPS) is 15.5. The summed E-state index contributed by atoms with van der Waals surface area (Å²) in [5.74, 6) is 3.29. The van der Waals surface area contributed by atoms with Crippen LogP contribution in [0.2, 0.25) is 0 Å².